The molecule has 0 bridgehead atoms. The topological polar surface area (TPSA) is 112 Å². The quantitative estimate of drug-likeness (QED) is 0.345. The Labute approximate surface area is 239 Å². The molecule has 0 unspecified atom stereocenters. The molecule has 0 amide bonds. The fourth-order valence-electron chi connectivity index (χ4n) is 6.79. The molecule has 7 rings (SSSR count). The number of anilines is 1. The number of benzene rings is 2. The smallest absolute Gasteiger partial charge is 0.349 e. The summed E-state index contributed by atoms with van der Waals surface area (Å²) in [5, 5.41) is 21.4. The Morgan fingerprint density at radius 3 is 2.81 bits per heavy atom. The number of ether oxygens (including phenoxy) is 1. The van der Waals surface area contributed by atoms with Crippen molar-refractivity contribution in [1.29, 1.82) is 0 Å². The van der Waals surface area contributed by atoms with Gasteiger partial charge in [0.25, 0.3) is 0 Å². The lowest BCUT2D eigenvalue weighted by Gasteiger charge is -2.37. The summed E-state index contributed by atoms with van der Waals surface area (Å²) in [5.41, 5.74) is -0.319. The van der Waals surface area contributed by atoms with Gasteiger partial charge in [0.1, 0.15) is 35.5 Å². The Morgan fingerprint density at radius 1 is 1.24 bits per heavy atom. The molecule has 0 radical (unpaired) electrons. The van der Waals surface area contributed by atoms with E-state index in [9.17, 15) is 23.8 Å². The molecule has 3 saturated heterocycles. The molecular formula is C31H28F2N4O5. The normalized spacial score (nSPS) is 22.5. The highest BCUT2D eigenvalue weighted by Crippen LogP contribution is 2.42. The molecule has 0 spiro atoms. The van der Waals surface area contributed by atoms with Gasteiger partial charge in [0.15, 0.2) is 5.82 Å². The zero-order valence-electron chi connectivity index (χ0n) is 22.9. The number of aryl methyl sites for hydroxylation is 1. The van der Waals surface area contributed by atoms with E-state index in [2.05, 4.69) is 20.8 Å². The van der Waals surface area contributed by atoms with Crippen molar-refractivity contribution in [3.63, 3.8) is 0 Å². The third-order valence-electron chi connectivity index (χ3n) is 8.80. The van der Waals surface area contributed by atoms with Crippen molar-refractivity contribution < 1.29 is 28.1 Å². The molecular weight excluding hydrogens is 546 g/mol. The average Bonchev–Trinajstić information content (AvgIpc) is 3.47. The summed E-state index contributed by atoms with van der Waals surface area (Å²) in [6.45, 7) is 3.58. The highest BCUT2D eigenvalue weighted by atomic mass is 19.1. The van der Waals surface area contributed by atoms with Crippen LogP contribution in [0, 0.1) is 25.1 Å². The number of alkyl halides is 1. The molecule has 216 valence electrons. The Morgan fingerprint density at radius 2 is 2.05 bits per heavy atom. The molecule has 2 atom stereocenters. The predicted molar refractivity (Wildman–Crippen MR) is 152 cm³/mol. The van der Waals surface area contributed by atoms with Crippen molar-refractivity contribution in [3.8, 4) is 35.4 Å². The highest BCUT2D eigenvalue weighted by molar-refractivity contribution is 6.03. The van der Waals surface area contributed by atoms with Gasteiger partial charge in [-0.2, -0.15) is 9.97 Å². The number of hydrogen-bond donors (Lipinski definition) is 2. The SMILES string of the molecule is C#Cc1c(F)ccc2cc(O)cc(-c3oc(=O)c4c(N5CC(O)C5)nc(OC[C@@]56CCCN5C[C@H](F)C6)nc4c3C)c12. The van der Waals surface area contributed by atoms with E-state index in [1.807, 2.05) is 0 Å². The van der Waals surface area contributed by atoms with Gasteiger partial charge in [-0.05, 0) is 49.9 Å². The molecule has 2 N–H and O–H groups in total. The van der Waals surface area contributed by atoms with E-state index in [0.717, 1.165) is 19.4 Å². The number of fused-ring (bicyclic) bond motifs is 3. The number of rotatable bonds is 5. The number of hydrogen-bond acceptors (Lipinski definition) is 9. The van der Waals surface area contributed by atoms with Crippen molar-refractivity contribution in [2.24, 2.45) is 0 Å². The van der Waals surface area contributed by atoms with Crippen LogP contribution in [-0.4, -0.2) is 75.7 Å². The molecule has 42 heavy (non-hydrogen) atoms. The van der Waals surface area contributed by atoms with Crippen molar-refractivity contribution in [1.82, 2.24) is 14.9 Å². The van der Waals surface area contributed by atoms with Gasteiger partial charge in [-0.1, -0.05) is 12.0 Å². The van der Waals surface area contributed by atoms with Crippen LogP contribution in [-0.2, 0) is 0 Å². The molecule has 3 fully saturated rings. The lowest BCUT2D eigenvalue weighted by molar-refractivity contribution is 0.107. The Kier molecular flexibility index (Phi) is 6.11. The third-order valence-corrected chi connectivity index (χ3v) is 8.80. The summed E-state index contributed by atoms with van der Waals surface area (Å²) in [7, 11) is 0. The first kappa shape index (κ1) is 26.6. The van der Waals surface area contributed by atoms with Crippen LogP contribution in [0.1, 0.15) is 30.4 Å². The van der Waals surface area contributed by atoms with Gasteiger partial charge in [-0.15, -0.1) is 6.42 Å². The molecule has 0 aliphatic carbocycles. The summed E-state index contributed by atoms with van der Waals surface area (Å²) in [6.07, 6.45) is 6.29. The summed E-state index contributed by atoms with van der Waals surface area (Å²) in [6, 6.07) is 5.53. The maximum atomic E-state index is 14.8. The molecule has 9 nitrogen and oxygen atoms in total. The first-order chi connectivity index (χ1) is 20.2. The Balaban J connectivity index is 1.41. The van der Waals surface area contributed by atoms with Crippen LogP contribution in [0.4, 0.5) is 14.6 Å². The summed E-state index contributed by atoms with van der Waals surface area (Å²) in [5.74, 6) is 1.94. The molecule has 2 aromatic heterocycles. The van der Waals surface area contributed by atoms with Gasteiger partial charge in [0.05, 0.1) is 22.7 Å². The number of β-amino-alcohol motifs (C(OH)–C–C–N with tert-alkyl or cyclic N) is 1. The average molecular weight is 575 g/mol. The van der Waals surface area contributed by atoms with Crippen LogP contribution >= 0.6 is 0 Å². The van der Waals surface area contributed by atoms with E-state index in [-0.39, 0.29) is 65.1 Å². The number of terminal acetylenes is 1. The van der Waals surface area contributed by atoms with E-state index in [0.29, 0.717) is 29.3 Å². The van der Waals surface area contributed by atoms with Crippen molar-refractivity contribution >= 4 is 27.5 Å². The molecule has 4 aromatic rings. The van der Waals surface area contributed by atoms with Crippen LogP contribution in [0.15, 0.2) is 33.5 Å². The first-order valence-corrected chi connectivity index (χ1v) is 13.9. The monoisotopic (exact) mass is 574 g/mol. The molecule has 2 aromatic carbocycles. The van der Waals surface area contributed by atoms with Gasteiger partial charge in [0.2, 0.25) is 0 Å². The minimum absolute atomic E-state index is 0.0122. The minimum Gasteiger partial charge on any atom is -0.508 e. The fourth-order valence-corrected chi connectivity index (χ4v) is 6.79. The Hall–Kier alpha value is -4.27. The molecule has 0 saturated carbocycles. The van der Waals surface area contributed by atoms with Crippen molar-refractivity contribution in [3.05, 3.63) is 51.6 Å². The first-order valence-electron chi connectivity index (χ1n) is 13.9. The van der Waals surface area contributed by atoms with Crippen LogP contribution in [0.5, 0.6) is 11.8 Å². The number of aliphatic hydroxyl groups is 1. The molecule has 3 aliphatic heterocycles. The van der Waals surface area contributed by atoms with Gasteiger partial charge >= 0.3 is 11.6 Å². The number of aromatic nitrogens is 2. The van der Waals surface area contributed by atoms with E-state index < -0.39 is 29.3 Å². The number of phenols is 1. The summed E-state index contributed by atoms with van der Waals surface area (Å²) >= 11 is 0. The number of nitrogens with zero attached hydrogens (tertiary/aromatic N) is 4. The van der Waals surface area contributed by atoms with Crippen LogP contribution in [0.25, 0.3) is 33.0 Å². The Bertz CT molecular complexity index is 1870. The van der Waals surface area contributed by atoms with Crippen LogP contribution in [0.3, 0.4) is 0 Å². The van der Waals surface area contributed by atoms with Gasteiger partial charge in [-0.25, -0.2) is 13.6 Å². The molecule has 5 heterocycles. The highest BCUT2D eigenvalue weighted by Gasteiger charge is 2.49. The summed E-state index contributed by atoms with van der Waals surface area (Å²) in [4.78, 5) is 26.6. The van der Waals surface area contributed by atoms with Crippen molar-refractivity contribution in [2.75, 3.05) is 37.7 Å². The van der Waals surface area contributed by atoms with Crippen molar-refractivity contribution in [2.45, 2.75) is 44.0 Å². The zero-order valence-corrected chi connectivity index (χ0v) is 22.9. The lowest BCUT2D eigenvalue weighted by Crippen LogP contribution is -2.51. The predicted octanol–water partition coefficient (Wildman–Crippen LogP) is 3.67. The fraction of sp³-hybridized carbons (Fsp3) is 0.387. The molecule has 11 heteroatoms. The number of phenolic OH excluding ortho intramolecular Hbond substituents is 1. The number of aliphatic hydroxyl groups excluding tert-OH is 1. The second kappa shape index (κ2) is 9.64. The standard InChI is InChI=1S/C31H28F2N4O5/c1-3-21-23(33)6-5-17-9-19(38)10-22(24(17)21)27-16(2)26-25(29(40)42-27)28(36-13-20(39)14-36)35-30(34-26)41-15-31-7-4-8-37(31)12-18(32)11-31/h1,5-6,9-10,18,20,38-39H,4,7-8,11-15H2,2H3/t18-,31+/m1/s1. The largest absolute Gasteiger partial charge is 0.508 e. The van der Waals surface area contributed by atoms with Crippen LogP contribution in [0.2, 0.25) is 0 Å². The van der Waals surface area contributed by atoms with Gasteiger partial charge in [-0.3, -0.25) is 4.90 Å². The maximum Gasteiger partial charge on any atom is 0.349 e. The van der Waals surface area contributed by atoms with E-state index in [4.69, 9.17) is 15.6 Å². The van der Waals surface area contributed by atoms with Crippen LogP contribution < -0.4 is 15.3 Å². The van der Waals surface area contributed by atoms with Gasteiger partial charge < -0.3 is 24.3 Å². The summed E-state index contributed by atoms with van der Waals surface area (Å²) < 4.78 is 41.1. The van der Waals surface area contributed by atoms with Gasteiger partial charge in [0, 0.05) is 42.6 Å². The minimum atomic E-state index is -0.922. The van der Waals surface area contributed by atoms with E-state index in [1.165, 1.54) is 24.3 Å². The number of aromatic hydroxyl groups is 1. The zero-order chi connectivity index (χ0) is 29.3. The second-order valence-electron chi connectivity index (χ2n) is 11.5. The second-order valence-corrected chi connectivity index (χ2v) is 11.5. The van der Waals surface area contributed by atoms with E-state index >= 15 is 0 Å². The maximum absolute atomic E-state index is 14.8. The third kappa shape index (κ3) is 4.08. The number of halogens is 2. The lowest BCUT2D eigenvalue weighted by atomic mass is 9.95. The van der Waals surface area contributed by atoms with E-state index in [1.54, 1.807) is 11.8 Å². The molecule has 3 aliphatic rings.